The lowest BCUT2D eigenvalue weighted by Crippen LogP contribution is -2.42. The Bertz CT molecular complexity index is 716. The number of rotatable bonds is 4. The molecule has 1 N–H and O–H groups in total. The third-order valence-electron chi connectivity index (χ3n) is 4.14. The Kier molecular flexibility index (Phi) is 5.55. The minimum atomic E-state index is -0.0634. The minimum Gasteiger partial charge on any atom is -0.497 e. The van der Waals surface area contributed by atoms with E-state index in [-0.39, 0.29) is 12.1 Å². The van der Waals surface area contributed by atoms with Crippen LogP contribution < -0.4 is 10.1 Å². The van der Waals surface area contributed by atoms with Crippen molar-refractivity contribution in [3.05, 3.63) is 42.2 Å². The van der Waals surface area contributed by atoms with Crippen LogP contribution >= 0.6 is 0 Å². The highest BCUT2D eigenvalue weighted by Crippen LogP contribution is 2.16. The third kappa shape index (κ3) is 4.51. The van der Waals surface area contributed by atoms with Gasteiger partial charge in [0.25, 0.3) is 0 Å². The molecule has 1 unspecified atom stereocenters. The maximum atomic E-state index is 12.3. The van der Waals surface area contributed by atoms with Crippen molar-refractivity contribution in [2.45, 2.75) is 26.0 Å². The maximum absolute atomic E-state index is 12.3. The molecule has 1 aliphatic rings. The van der Waals surface area contributed by atoms with Crippen molar-refractivity contribution in [1.29, 1.82) is 0 Å². The van der Waals surface area contributed by atoms with Gasteiger partial charge in [-0.05, 0) is 25.5 Å². The number of carbonyl (C=O) groups is 1. The van der Waals surface area contributed by atoms with Crippen LogP contribution in [0, 0.1) is 0 Å². The Morgan fingerprint density at radius 3 is 3.20 bits per heavy atom. The summed E-state index contributed by atoms with van der Waals surface area (Å²) in [6.07, 6.45) is 4.60. The van der Waals surface area contributed by atoms with E-state index in [9.17, 15) is 4.79 Å². The van der Waals surface area contributed by atoms with Gasteiger partial charge in [-0.25, -0.2) is 9.48 Å². The number of nitrogens with zero attached hydrogens (tertiary/aromatic N) is 3. The van der Waals surface area contributed by atoms with Crippen LogP contribution in [0.2, 0.25) is 0 Å². The fraction of sp³-hybridized carbons (Fsp3) is 0.444. The summed E-state index contributed by atoms with van der Waals surface area (Å²) in [4.78, 5) is 14.2. The lowest BCUT2D eigenvalue weighted by Gasteiger charge is -2.22. The van der Waals surface area contributed by atoms with Crippen LogP contribution in [0.1, 0.15) is 18.9 Å². The molecule has 7 heteroatoms. The monoisotopic (exact) mass is 344 g/mol. The van der Waals surface area contributed by atoms with Gasteiger partial charge in [-0.2, -0.15) is 5.10 Å². The van der Waals surface area contributed by atoms with Crippen molar-refractivity contribution in [3.8, 4) is 11.4 Å². The highest BCUT2D eigenvalue weighted by molar-refractivity contribution is 5.74. The standard InChI is InChI=1S/C18H24N4O3/c1-14-12-21(7-4-8-25-14)18(23)19-10-15-11-20-22(13-15)16-5-3-6-17(9-16)24-2/h3,5-6,9,11,13-14H,4,7-8,10,12H2,1-2H3,(H,19,23). The molecule has 0 aliphatic carbocycles. The first-order valence-electron chi connectivity index (χ1n) is 8.48. The number of carbonyl (C=O) groups excluding carboxylic acids is 1. The lowest BCUT2D eigenvalue weighted by molar-refractivity contribution is 0.0710. The Hall–Kier alpha value is -2.54. The molecule has 1 fully saturated rings. The van der Waals surface area contributed by atoms with E-state index < -0.39 is 0 Å². The highest BCUT2D eigenvalue weighted by Gasteiger charge is 2.19. The van der Waals surface area contributed by atoms with Crippen molar-refractivity contribution >= 4 is 6.03 Å². The van der Waals surface area contributed by atoms with Crippen LogP contribution in [0.4, 0.5) is 4.79 Å². The fourth-order valence-electron chi connectivity index (χ4n) is 2.81. The molecule has 1 aliphatic heterocycles. The molecule has 2 amide bonds. The molecule has 1 aromatic heterocycles. The average Bonchev–Trinajstić information content (AvgIpc) is 3.00. The van der Waals surface area contributed by atoms with Crippen LogP contribution in [0.25, 0.3) is 5.69 Å². The summed E-state index contributed by atoms with van der Waals surface area (Å²) in [5.74, 6) is 0.778. The smallest absolute Gasteiger partial charge is 0.317 e. The Morgan fingerprint density at radius 1 is 1.48 bits per heavy atom. The molecule has 25 heavy (non-hydrogen) atoms. The largest absolute Gasteiger partial charge is 0.497 e. The first-order chi connectivity index (χ1) is 12.2. The second-order valence-corrected chi connectivity index (χ2v) is 6.13. The van der Waals surface area contributed by atoms with Gasteiger partial charge in [0.1, 0.15) is 5.75 Å². The summed E-state index contributed by atoms with van der Waals surface area (Å²) in [5.41, 5.74) is 1.85. The molecular formula is C18H24N4O3. The molecule has 0 bridgehead atoms. The van der Waals surface area contributed by atoms with Crippen LogP contribution in [-0.4, -0.2) is 53.6 Å². The predicted octanol–water partition coefficient (Wildman–Crippen LogP) is 2.20. The van der Waals surface area contributed by atoms with E-state index >= 15 is 0 Å². The number of urea groups is 1. The van der Waals surface area contributed by atoms with Crippen LogP contribution in [0.5, 0.6) is 5.75 Å². The number of aromatic nitrogens is 2. The molecule has 1 aromatic carbocycles. The number of methoxy groups -OCH3 is 1. The van der Waals surface area contributed by atoms with Gasteiger partial charge in [-0.3, -0.25) is 0 Å². The number of nitrogens with one attached hydrogen (secondary N) is 1. The lowest BCUT2D eigenvalue weighted by atomic mass is 10.3. The predicted molar refractivity (Wildman–Crippen MR) is 94.0 cm³/mol. The van der Waals surface area contributed by atoms with Crippen LogP contribution in [-0.2, 0) is 11.3 Å². The molecule has 3 rings (SSSR count). The van der Waals surface area contributed by atoms with Gasteiger partial charge in [0.05, 0.1) is 25.1 Å². The number of hydrogen-bond acceptors (Lipinski definition) is 4. The van der Waals surface area contributed by atoms with Gasteiger partial charge in [-0.1, -0.05) is 6.07 Å². The van der Waals surface area contributed by atoms with E-state index in [0.29, 0.717) is 19.7 Å². The number of amides is 2. The molecule has 0 spiro atoms. The summed E-state index contributed by atoms with van der Waals surface area (Å²) in [6, 6.07) is 7.61. The molecule has 0 saturated carbocycles. The first-order valence-corrected chi connectivity index (χ1v) is 8.48. The Morgan fingerprint density at radius 2 is 2.36 bits per heavy atom. The van der Waals surface area contributed by atoms with Gasteiger partial charge in [0.2, 0.25) is 0 Å². The molecule has 1 atom stereocenters. The molecule has 2 heterocycles. The summed E-state index contributed by atoms with van der Waals surface area (Å²) in [5, 5.41) is 7.31. The quantitative estimate of drug-likeness (QED) is 0.923. The normalized spacial score (nSPS) is 17.8. The van der Waals surface area contributed by atoms with Gasteiger partial charge < -0.3 is 19.7 Å². The Labute approximate surface area is 147 Å². The zero-order chi connectivity index (χ0) is 17.6. The summed E-state index contributed by atoms with van der Waals surface area (Å²) in [7, 11) is 1.64. The van der Waals surface area contributed by atoms with E-state index in [0.717, 1.165) is 30.0 Å². The molecular weight excluding hydrogens is 320 g/mol. The second kappa shape index (κ2) is 8.02. The van der Waals surface area contributed by atoms with Crippen molar-refractivity contribution in [1.82, 2.24) is 20.0 Å². The average molecular weight is 344 g/mol. The Balaban J connectivity index is 1.58. The van der Waals surface area contributed by atoms with Gasteiger partial charge in [0.15, 0.2) is 0 Å². The van der Waals surface area contributed by atoms with Crippen LogP contribution in [0.15, 0.2) is 36.7 Å². The van der Waals surface area contributed by atoms with Gasteiger partial charge in [0, 0.05) is 44.1 Å². The third-order valence-corrected chi connectivity index (χ3v) is 4.14. The zero-order valence-corrected chi connectivity index (χ0v) is 14.6. The summed E-state index contributed by atoms with van der Waals surface area (Å²) < 4.78 is 12.6. The van der Waals surface area contributed by atoms with Gasteiger partial charge in [-0.15, -0.1) is 0 Å². The fourth-order valence-corrected chi connectivity index (χ4v) is 2.81. The SMILES string of the molecule is COc1cccc(-n2cc(CNC(=O)N3CCCOC(C)C3)cn2)c1. The zero-order valence-electron chi connectivity index (χ0n) is 14.6. The molecule has 0 radical (unpaired) electrons. The molecule has 2 aromatic rings. The van der Waals surface area contributed by atoms with E-state index in [1.165, 1.54) is 0 Å². The number of benzene rings is 1. The second-order valence-electron chi connectivity index (χ2n) is 6.13. The minimum absolute atomic E-state index is 0.0634. The van der Waals surface area contributed by atoms with E-state index in [1.54, 1.807) is 18.0 Å². The van der Waals surface area contributed by atoms with Crippen LogP contribution in [0.3, 0.4) is 0 Å². The van der Waals surface area contributed by atoms with Crippen molar-refractivity contribution in [3.63, 3.8) is 0 Å². The van der Waals surface area contributed by atoms with E-state index in [2.05, 4.69) is 10.4 Å². The number of ether oxygens (including phenoxy) is 2. The van der Waals surface area contributed by atoms with E-state index in [4.69, 9.17) is 9.47 Å². The topological polar surface area (TPSA) is 68.6 Å². The molecule has 1 saturated heterocycles. The van der Waals surface area contributed by atoms with Crippen molar-refractivity contribution in [2.24, 2.45) is 0 Å². The van der Waals surface area contributed by atoms with Crippen molar-refractivity contribution in [2.75, 3.05) is 26.8 Å². The van der Waals surface area contributed by atoms with E-state index in [1.807, 2.05) is 42.3 Å². The van der Waals surface area contributed by atoms with Gasteiger partial charge >= 0.3 is 6.03 Å². The summed E-state index contributed by atoms with van der Waals surface area (Å²) >= 11 is 0. The molecule has 7 nitrogen and oxygen atoms in total. The number of hydrogen-bond donors (Lipinski definition) is 1. The first kappa shape index (κ1) is 17.3. The summed E-state index contributed by atoms with van der Waals surface area (Å²) in [6.45, 7) is 4.48. The highest BCUT2D eigenvalue weighted by atomic mass is 16.5. The molecule has 134 valence electrons. The maximum Gasteiger partial charge on any atom is 0.317 e. The van der Waals surface area contributed by atoms with Crippen molar-refractivity contribution < 1.29 is 14.3 Å².